The van der Waals surface area contributed by atoms with Crippen LogP contribution in [0.4, 0.5) is 0 Å². The van der Waals surface area contributed by atoms with Crippen molar-refractivity contribution in [2.45, 2.75) is 58.9 Å². The quantitative estimate of drug-likeness (QED) is 0.651. The predicted molar refractivity (Wildman–Crippen MR) is 80.8 cm³/mol. The summed E-state index contributed by atoms with van der Waals surface area (Å²) in [5.74, 6) is 0.836. The van der Waals surface area contributed by atoms with E-state index in [0.717, 1.165) is 18.9 Å². The lowest BCUT2D eigenvalue weighted by Crippen LogP contribution is -2.27. The van der Waals surface area contributed by atoms with Crippen molar-refractivity contribution in [1.29, 1.82) is 0 Å². The van der Waals surface area contributed by atoms with E-state index in [9.17, 15) is 0 Å². The van der Waals surface area contributed by atoms with E-state index in [2.05, 4.69) is 56.4 Å². The van der Waals surface area contributed by atoms with Gasteiger partial charge < -0.3 is 5.32 Å². The number of unbranched alkanes of at least 4 members (excludes halogenated alkanes) is 1. The molecule has 0 spiro atoms. The molecule has 0 bridgehead atoms. The van der Waals surface area contributed by atoms with Gasteiger partial charge in [-0.05, 0) is 30.9 Å². The Morgan fingerprint density at radius 2 is 1.72 bits per heavy atom. The van der Waals surface area contributed by atoms with E-state index in [1.807, 2.05) is 0 Å². The molecule has 0 aliphatic rings. The molecule has 0 heterocycles. The average molecular weight is 247 g/mol. The zero-order chi connectivity index (χ0) is 13.2. The van der Waals surface area contributed by atoms with Gasteiger partial charge in [0.05, 0.1) is 0 Å². The molecular weight excluding hydrogens is 218 g/mol. The number of hydrogen-bond donors (Lipinski definition) is 1. The number of benzene rings is 1. The molecule has 0 amide bonds. The molecule has 0 aliphatic heterocycles. The molecule has 0 aromatic heterocycles. The van der Waals surface area contributed by atoms with Crippen molar-refractivity contribution in [3.8, 4) is 0 Å². The Balaban J connectivity index is 2.43. The molecule has 1 N–H and O–H groups in total. The van der Waals surface area contributed by atoms with Crippen molar-refractivity contribution in [3.63, 3.8) is 0 Å². The molecule has 1 heteroatoms. The van der Waals surface area contributed by atoms with E-state index >= 15 is 0 Å². The van der Waals surface area contributed by atoms with E-state index in [1.54, 1.807) is 0 Å². The van der Waals surface area contributed by atoms with Crippen molar-refractivity contribution >= 4 is 0 Å². The summed E-state index contributed by atoms with van der Waals surface area (Å²) < 4.78 is 0. The zero-order valence-corrected chi connectivity index (χ0v) is 12.3. The van der Waals surface area contributed by atoms with Crippen LogP contribution < -0.4 is 5.32 Å². The SMILES string of the molecule is CCCCC(CC)CNC(CC)c1ccccc1. The van der Waals surface area contributed by atoms with Crippen LogP contribution in [0.5, 0.6) is 0 Å². The Bertz CT molecular complexity index is 294. The molecule has 0 fully saturated rings. The summed E-state index contributed by atoms with van der Waals surface area (Å²) in [6.45, 7) is 8.01. The third kappa shape index (κ3) is 5.22. The first-order valence-corrected chi connectivity index (χ1v) is 7.60. The van der Waals surface area contributed by atoms with E-state index in [-0.39, 0.29) is 0 Å². The standard InChI is InChI=1S/C17H29N/c1-4-7-11-15(5-2)14-18-17(6-3)16-12-9-8-10-13-16/h8-10,12-13,15,17-18H,4-7,11,14H2,1-3H3. The summed E-state index contributed by atoms with van der Waals surface area (Å²) in [5, 5.41) is 3.75. The number of nitrogens with one attached hydrogen (secondary N) is 1. The first-order valence-electron chi connectivity index (χ1n) is 7.60. The average Bonchev–Trinajstić information content (AvgIpc) is 2.44. The van der Waals surface area contributed by atoms with Gasteiger partial charge in [-0.2, -0.15) is 0 Å². The van der Waals surface area contributed by atoms with Crippen LogP contribution in [-0.4, -0.2) is 6.54 Å². The van der Waals surface area contributed by atoms with E-state index in [4.69, 9.17) is 0 Å². The lowest BCUT2D eigenvalue weighted by atomic mass is 9.97. The first-order chi connectivity index (χ1) is 8.81. The van der Waals surface area contributed by atoms with E-state index in [1.165, 1.54) is 31.2 Å². The van der Waals surface area contributed by atoms with Crippen LogP contribution in [0, 0.1) is 5.92 Å². The summed E-state index contributed by atoms with van der Waals surface area (Å²) >= 11 is 0. The second-order valence-electron chi connectivity index (χ2n) is 5.20. The van der Waals surface area contributed by atoms with Gasteiger partial charge in [0, 0.05) is 6.04 Å². The molecule has 0 aliphatic carbocycles. The molecule has 0 radical (unpaired) electrons. The van der Waals surface area contributed by atoms with Crippen molar-refractivity contribution in [3.05, 3.63) is 35.9 Å². The minimum atomic E-state index is 0.516. The third-order valence-corrected chi connectivity index (χ3v) is 3.81. The normalized spacial score (nSPS) is 14.4. The van der Waals surface area contributed by atoms with Crippen LogP contribution in [0.15, 0.2) is 30.3 Å². The highest BCUT2D eigenvalue weighted by atomic mass is 14.9. The maximum atomic E-state index is 3.75. The molecule has 1 aromatic carbocycles. The molecule has 2 atom stereocenters. The van der Waals surface area contributed by atoms with Gasteiger partial charge in [-0.3, -0.25) is 0 Å². The van der Waals surface area contributed by atoms with Crippen LogP contribution in [0.3, 0.4) is 0 Å². The lowest BCUT2D eigenvalue weighted by Gasteiger charge is -2.22. The minimum Gasteiger partial charge on any atom is -0.310 e. The van der Waals surface area contributed by atoms with Gasteiger partial charge in [-0.25, -0.2) is 0 Å². The Morgan fingerprint density at radius 1 is 1.00 bits per heavy atom. The fourth-order valence-corrected chi connectivity index (χ4v) is 2.44. The summed E-state index contributed by atoms with van der Waals surface area (Å²) in [4.78, 5) is 0. The van der Waals surface area contributed by atoms with Crippen LogP contribution in [0.25, 0.3) is 0 Å². The summed E-state index contributed by atoms with van der Waals surface area (Å²) in [6.07, 6.45) is 6.49. The van der Waals surface area contributed by atoms with Crippen LogP contribution in [0.1, 0.15) is 64.5 Å². The van der Waals surface area contributed by atoms with Crippen molar-refractivity contribution < 1.29 is 0 Å². The van der Waals surface area contributed by atoms with Crippen molar-refractivity contribution in [1.82, 2.24) is 5.32 Å². The predicted octanol–water partition coefficient (Wildman–Crippen LogP) is 4.94. The maximum absolute atomic E-state index is 3.75. The van der Waals surface area contributed by atoms with Gasteiger partial charge in [0.1, 0.15) is 0 Å². The molecule has 1 nitrogen and oxygen atoms in total. The fourth-order valence-electron chi connectivity index (χ4n) is 2.44. The highest BCUT2D eigenvalue weighted by Crippen LogP contribution is 2.18. The summed E-state index contributed by atoms with van der Waals surface area (Å²) in [6, 6.07) is 11.3. The Morgan fingerprint density at radius 3 is 2.28 bits per heavy atom. The maximum Gasteiger partial charge on any atom is 0.0317 e. The van der Waals surface area contributed by atoms with E-state index in [0.29, 0.717) is 6.04 Å². The Hall–Kier alpha value is -0.820. The lowest BCUT2D eigenvalue weighted by molar-refractivity contribution is 0.386. The van der Waals surface area contributed by atoms with Crippen LogP contribution >= 0.6 is 0 Å². The van der Waals surface area contributed by atoms with Crippen LogP contribution in [-0.2, 0) is 0 Å². The highest BCUT2D eigenvalue weighted by Gasteiger charge is 2.11. The van der Waals surface area contributed by atoms with Gasteiger partial charge in [-0.15, -0.1) is 0 Å². The van der Waals surface area contributed by atoms with Crippen molar-refractivity contribution in [2.75, 3.05) is 6.54 Å². The summed E-state index contributed by atoms with van der Waals surface area (Å²) in [5.41, 5.74) is 1.42. The van der Waals surface area contributed by atoms with Gasteiger partial charge in [0.15, 0.2) is 0 Å². The Labute approximate surface area is 113 Å². The van der Waals surface area contributed by atoms with Gasteiger partial charge in [0.25, 0.3) is 0 Å². The molecule has 1 aromatic rings. The first kappa shape index (κ1) is 15.2. The molecule has 102 valence electrons. The molecule has 2 unspecified atom stereocenters. The van der Waals surface area contributed by atoms with Gasteiger partial charge in [-0.1, -0.05) is 70.4 Å². The summed E-state index contributed by atoms with van der Waals surface area (Å²) in [7, 11) is 0. The fraction of sp³-hybridized carbons (Fsp3) is 0.647. The largest absolute Gasteiger partial charge is 0.310 e. The third-order valence-electron chi connectivity index (χ3n) is 3.81. The minimum absolute atomic E-state index is 0.516. The number of hydrogen-bond acceptors (Lipinski definition) is 1. The van der Waals surface area contributed by atoms with Crippen LogP contribution in [0.2, 0.25) is 0 Å². The monoisotopic (exact) mass is 247 g/mol. The molecule has 0 saturated heterocycles. The molecule has 1 rings (SSSR count). The van der Waals surface area contributed by atoms with Gasteiger partial charge in [0.2, 0.25) is 0 Å². The molecule has 0 saturated carbocycles. The van der Waals surface area contributed by atoms with E-state index < -0.39 is 0 Å². The molecular formula is C17H29N. The molecule has 18 heavy (non-hydrogen) atoms. The Kier molecular flexibility index (Phi) is 7.75. The number of rotatable bonds is 9. The van der Waals surface area contributed by atoms with Crippen molar-refractivity contribution in [2.24, 2.45) is 5.92 Å². The smallest absolute Gasteiger partial charge is 0.0317 e. The second-order valence-corrected chi connectivity index (χ2v) is 5.20. The topological polar surface area (TPSA) is 12.0 Å². The van der Waals surface area contributed by atoms with Gasteiger partial charge >= 0.3 is 0 Å². The zero-order valence-electron chi connectivity index (χ0n) is 12.3. The second kappa shape index (κ2) is 9.16. The highest BCUT2D eigenvalue weighted by molar-refractivity contribution is 5.18.